The molecule has 0 aromatic heterocycles. The molecular formula is C17H24O2. The molecule has 1 aliphatic heterocycles. The lowest BCUT2D eigenvalue weighted by Crippen LogP contribution is -2.12. The van der Waals surface area contributed by atoms with Gasteiger partial charge in [-0.05, 0) is 42.4 Å². The summed E-state index contributed by atoms with van der Waals surface area (Å²) in [5.41, 5.74) is 3.25. The van der Waals surface area contributed by atoms with Crippen molar-refractivity contribution in [2.24, 2.45) is 5.92 Å². The molecular weight excluding hydrogens is 236 g/mol. The number of hydrogen-bond donors (Lipinski definition) is 0. The summed E-state index contributed by atoms with van der Waals surface area (Å²) < 4.78 is 5.86. The van der Waals surface area contributed by atoms with Crippen LogP contribution in [0.25, 0.3) is 0 Å². The third-order valence-electron chi connectivity index (χ3n) is 3.73. The summed E-state index contributed by atoms with van der Waals surface area (Å²) in [6.45, 7) is 8.97. The molecule has 0 N–H and O–H groups in total. The Bertz CT molecular complexity index is 472. The van der Waals surface area contributed by atoms with Gasteiger partial charge in [-0.15, -0.1) is 0 Å². The Labute approximate surface area is 116 Å². The molecule has 0 atom stereocenters. The van der Waals surface area contributed by atoms with Crippen LogP contribution < -0.4 is 4.74 Å². The molecule has 0 unspecified atom stereocenters. The van der Waals surface area contributed by atoms with Gasteiger partial charge in [0.05, 0.1) is 12.2 Å². The molecule has 0 radical (unpaired) electrons. The van der Waals surface area contributed by atoms with Gasteiger partial charge >= 0.3 is 0 Å². The van der Waals surface area contributed by atoms with Gasteiger partial charge in [-0.2, -0.15) is 0 Å². The molecule has 0 saturated carbocycles. The Hall–Kier alpha value is -1.31. The van der Waals surface area contributed by atoms with E-state index in [2.05, 4.69) is 19.9 Å². The molecule has 104 valence electrons. The average Bonchev–Trinajstić information content (AvgIpc) is 2.61. The van der Waals surface area contributed by atoms with Crippen molar-refractivity contribution in [3.05, 3.63) is 28.8 Å². The van der Waals surface area contributed by atoms with Crippen LogP contribution in [0.1, 0.15) is 67.9 Å². The van der Waals surface area contributed by atoms with E-state index in [1.54, 1.807) is 0 Å². The summed E-state index contributed by atoms with van der Waals surface area (Å²) in [5, 5.41) is 0. The second-order valence-electron chi connectivity index (χ2n) is 6.04. The predicted molar refractivity (Wildman–Crippen MR) is 78.1 cm³/mol. The quantitative estimate of drug-likeness (QED) is 0.755. The van der Waals surface area contributed by atoms with Crippen LogP contribution >= 0.6 is 0 Å². The zero-order chi connectivity index (χ0) is 14.0. The van der Waals surface area contributed by atoms with Crippen molar-refractivity contribution in [3.63, 3.8) is 0 Å². The number of aryl methyl sites for hydroxylation is 1. The number of Topliss-reactive ketones (excluding diaryl/α,β-unsaturated/α-hetero) is 1. The van der Waals surface area contributed by atoms with Crippen LogP contribution in [0.5, 0.6) is 5.75 Å². The van der Waals surface area contributed by atoms with E-state index in [1.807, 2.05) is 19.9 Å². The van der Waals surface area contributed by atoms with E-state index in [0.717, 1.165) is 37.2 Å². The highest BCUT2D eigenvalue weighted by Gasteiger charge is 2.22. The van der Waals surface area contributed by atoms with Crippen LogP contribution in [-0.2, 0) is 6.42 Å². The molecule has 2 heteroatoms. The molecule has 1 aromatic rings. The third-order valence-corrected chi connectivity index (χ3v) is 3.73. The van der Waals surface area contributed by atoms with Crippen molar-refractivity contribution >= 4 is 5.78 Å². The first-order valence-electron chi connectivity index (χ1n) is 7.34. The number of ketones is 1. The first-order valence-corrected chi connectivity index (χ1v) is 7.34. The first kappa shape index (κ1) is 14.1. The summed E-state index contributed by atoms with van der Waals surface area (Å²) in [7, 11) is 0. The lowest BCUT2D eigenvalue weighted by Gasteiger charge is -2.17. The number of carbonyl (C=O) groups excluding carboxylic acids is 1. The van der Waals surface area contributed by atoms with Crippen LogP contribution in [0.2, 0.25) is 0 Å². The van der Waals surface area contributed by atoms with Gasteiger partial charge in [0.1, 0.15) is 5.75 Å². The number of benzene rings is 1. The van der Waals surface area contributed by atoms with E-state index >= 15 is 0 Å². The van der Waals surface area contributed by atoms with Crippen molar-refractivity contribution in [1.82, 2.24) is 0 Å². The van der Waals surface area contributed by atoms with Crippen molar-refractivity contribution in [2.75, 3.05) is 6.61 Å². The van der Waals surface area contributed by atoms with Gasteiger partial charge in [-0.25, -0.2) is 0 Å². The van der Waals surface area contributed by atoms with E-state index in [4.69, 9.17) is 4.74 Å². The van der Waals surface area contributed by atoms with Crippen molar-refractivity contribution in [3.8, 4) is 5.75 Å². The minimum absolute atomic E-state index is 0.0124. The maximum Gasteiger partial charge on any atom is 0.169 e. The van der Waals surface area contributed by atoms with Crippen molar-refractivity contribution in [1.29, 1.82) is 0 Å². The fourth-order valence-corrected chi connectivity index (χ4v) is 2.49. The maximum atomic E-state index is 12.4. The standard InChI is InChI=1S/C17H24O2/c1-11(2)14-9-13-7-5-6-8-19-17(13)15(10-14)16(18)12(3)4/h9-12H,5-8H2,1-4H3. The monoisotopic (exact) mass is 260 g/mol. The fraction of sp³-hybridized carbons (Fsp3) is 0.588. The predicted octanol–water partition coefficient (Wildman–Crippen LogP) is 4.36. The molecule has 1 aliphatic rings. The summed E-state index contributed by atoms with van der Waals surface area (Å²) in [6.07, 6.45) is 3.24. The Balaban J connectivity index is 2.55. The molecule has 0 fully saturated rings. The highest BCUT2D eigenvalue weighted by Crippen LogP contribution is 2.33. The SMILES string of the molecule is CC(C)C(=O)c1cc(C(C)C)cc2c1OCCCC2. The van der Waals surface area contributed by atoms with Gasteiger partial charge in [0.25, 0.3) is 0 Å². The highest BCUT2D eigenvalue weighted by molar-refractivity contribution is 6.00. The molecule has 0 saturated heterocycles. The fourth-order valence-electron chi connectivity index (χ4n) is 2.49. The zero-order valence-electron chi connectivity index (χ0n) is 12.5. The van der Waals surface area contributed by atoms with Gasteiger partial charge < -0.3 is 4.74 Å². The molecule has 0 bridgehead atoms. The number of ether oxygens (including phenoxy) is 1. The highest BCUT2D eigenvalue weighted by atomic mass is 16.5. The minimum Gasteiger partial charge on any atom is -0.493 e. The molecule has 1 aromatic carbocycles. The smallest absolute Gasteiger partial charge is 0.169 e. The molecule has 0 aliphatic carbocycles. The number of fused-ring (bicyclic) bond motifs is 1. The number of hydrogen-bond acceptors (Lipinski definition) is 2. The normalized spacial score (nSPS) is 15.1. The molecule has 0 spiro atoms. The minimum atomic E-state index is 0.0124. The van der Waals surface area contributed by atoms with E-state index < -0.39 is 0 Å². The Morgan fingerprint density at radius 2 is 1.89 bits per heavy atom. The first-order chi connectivity index (χ1) is 9.00. The Kier molecular flexibility index (Phi) is 4.28. The van der Waals surface area contributed by atoms with Gasteiger partial charge in [-0.3, -0.25) is 4.79 Å². The Morgan fingerprint density at radius 3 is 2.53 bits per heavy atom. The summed E-state index contributed by atoms with van der Waals surface area (Å²) in [4.78, 5) is 12.4. The second kappa shape index (κ2) is 5.77. The number of rotatable bonds is 3. The van der Waals surface area contributed by atoms with Gasteiger partial charge in [-0.1, -0.05) is 33.8 Å². The molecule has 2 nitrogen and oxygen atoms in total. The summed E-state index contributed by atoms with van der Waals surface area (Å²) in [5.74, 6) is 1.49. The third kappa shape index (κ3) is 2.99. The number of carbonyl (C=O) groups is 1. The summed E-state index contributed by atoms with van der Waals surface area (Å²) >= 11 is 0. The topological polar surface area (TPSA) is 26.3 Å². The molecule has 19 heavy (non-hydrogen) atoms. The largest absolute Gasteiger partial charge is 0.493 e. The Morgan fingerprint density at radius 1 is 1.16 bits per heavy atom. The van der Waals surface area contributed by atoms with Crippen LogP contribution in [-0.4, -0.2) is 12.4 Å². The summed E-state index contributed by atoms with van der Waals surface area (Å²) in [6, 6.07) is 4.26. The van der Waals surface area contributed by atoms with Crippen molar-refractivity contribution in [2.45, 2.75) is 52.9 Å². The van der Waals surface area contributed by atoms with Crippen LogP contribution in [0.3, 0.4) is 0 Å². The van der Waals surface area contributed by atoms with Crippen molar-refractivity contribution < 1.29 is 9.53 Å². The molecule has 0 amide bonds. The van der Waals surface area contributed by atoms with Crippen LogP contribution in [0.15, 0.2) is 12.1 Å². The zero-order valence-corrected chi connectivity index (χ0v) is 12.5. The lowest BCUT2D eigenvalue weighted by molar-refractivity contribution is 0.0935. The molecule has 1 heterocycles. The van der Waals surface area contributed by atoms with Crippen LogP contribution in [0, 0.1) is 5.92 Å². The lowest BCUT2D eigenvalue weighted by atomic mass is 9.91. The van der Waals surface area contributed by atoms with Crippen LogP contribution in [0.4, 0.5) is 0 Å². The van der Waals surface area contributed by atoms with Gasteiger partial charge in [0, 0.05) is 5.92 Å². The maximum absolute atomic E-state index is 12.4. The second-order valence-corrected chi connectivity index (χ2v) is 6.04. The van der Waals surface area contributed by atoms with Gasteiger partial charge in [0.2, 0.25) is 0 Å². The van der Waals surface area contributed by atoms with E-state index in [-0.39, 0.29) is 11.7 Å². The van der Waals surface area contributed by atoms with E-state index in [9.17, 15) is 4.79 Å². The molecule has 2 rings (SSSR count). The van der Waals surface area contributed by atoms with Gasteiger partial charge in [0.15, 0.2) is 5.78 Å². The van der Waals surface area contributed by atoms with E-state index in [0.29, 0.717) is 5.92 Å². The average molecular weight is 260 g/mol. The van der Waals surface area contributed by atoms with E-state index in [1.165, 1.54) is 11.1 Å².